The molecule has 6 heteroatoms. The molecule has 5 nitrogen and oxygen atoms in total. The molecule has 0 aliphatic carbocycles. The first-order valence-electron chi connectivity index (χ1n) is 7.81. The first-order valence-corrected chi connectivity index (χ1v) is 8.26. The van der Waals surface area contributed by atoms with E-state index >= 15 is 0 Å². The van der Waals surface area contributed by atoms with Crippen LogP contribution in [0.3, 0.4) is 0 Å². The van der Waals surface area contributed by atoms with Gasteiger partial charge in [-0.15, -0.1) is 12.6 Å². The van der Waals surface area contributed by atoms with Gasteiger partial charge in [0.2, 0.25) is 5.89 Å². The molecule has 1 unspecified atom stereocenters. The van der Waals surface area contributed by atoms with E-state index in [9.17, 15) is 14.7 Å². The topological polar surface area (TPSA) is 80.4 Å². The van der Waals surface area contributed by atoms with E-state index in [0.717, 1.165) is 24.8 Å². The predicted octanol–water partition coefficient (Wildman–Crippen LogP) is 3.53. The molecule has 1 heterocycles. The summed E-state index contributed by atoms with van der Waals surface area (Å²) in [5, 5.41) is 8.84. The molecule has 1 atom stereocenters. The van der Waals surface area contributed by atoms with E-state index in [1.165, 1.54) is 11.1 Å². The summed E-state index contributed by atoms with van der Waals surface area (Å²) in [5.74, 6) is -2.17. The predicted molar refractivity (Wildman–Crippen MR) is 91.1 cm³/mol. The van der Waals surface area contributed by atoms with Crippen molar-refractivity contribution >= 4 is 34.8 Å². The summed E-state index contributed by atoms with van der Waals surface area (Å²) >= 11 is 3.68. The van der Waals surface area contributed by atoms with Gasteiger partial charge in [0.05, 0.1) is 0 Å². The molecule has 0 amide bonds. The van der Waals surface area contributed by atoms with Crippen LogP contribution in [0.15, 0.2) is 10.5 Å². The number of oxazole rings is 1. The van der Waals surface area contributed by atoms with Gasteiger partial charge in [-0.25, -0.2) is 4.98 Å². The standard InChI is InChI=1S/C17H21NO4S/c1-4-9-7-13-15(11(6-3)10(9)5-2)18-16(22-13)12(17(20)21)8-14(19)23/h7,12H,4-6,8H2,1-3H3,(H,19,23)(H,20,21). The van der Waals surface area contributed by atoms with Crippen LogP contribution in [0.5, 0.6) is 0 Å². The van der Waals surface area contributed by atoms with Gasteiger partial charge in [-0.1, -0.05) is 20.8 Å². The number of carbonyl (C=O) groups excluding carboxylic acids is 1. The number of aryl methyl sites for hydroxylation is 2. The molecule has 1 aromatic carbocycles. The molecule has 23 heavy (non-hydrogen) atoms. The van der Waals surface area contributed by atoms with Gasteiger partial charge in [0, 0.05) is 6.42 Å². The maximum Gasteiger partial charge on any atom is 0.316 e. The number of carbonyl (C=O) groups is 2. The average Bonchev–Trinajstić information content (AvgIpc) is 2.93. The SMILES string of the molecule is CCc1cc2oc(C(CC(=O)S)C(=O)O)nc2c(CC)c1CC. The number of carboxylic acid groups (broad SMARTS) is 1. The van der Waals surface area contributed by atoms with E-state index in [1.54, 1.807) is 0 Å². The number of hydrogen-bond donors (Lipinski definition) is 2. The van der Waals surface area contributed by atoms with Gasteiger partial charge in [-0.3, -0.25) is 9.59 Å². The summed E-state index contributed by atoms with van der Waals surface area (Å²) in [5.41, 5.74) is 4.83. The van der Waals surface area contributed by atoms with Crippen molar-refractivity contribution in [3.05, 3.63) is 28.6 Å². The van der Waals surface area contributed by atoms with E-state index in [1.807, 2.05) is 13.0 Å². The number of nitrogens with zero attached hydrogens (tertiary/aromatic N) is 1. The fourth-order valence-electron chi connectivity index (χ4n) is 2.99. The summed E-state index contributed by atoms with van der Waals surface area (Å²) in [6.07, 6.45) is 2.32. The molecule has 1 N–H and O–H groups in total. The zero-order valence-corrected chi connectivity index (χ0v) is 14.4. The molecule has 0 saturated heterocycles. The molecular formula is C17H21NO4S. The van der Waals surface area contributed by atoms with Crippen molar-refractivity contribution in [2.45, 2.75) is 52.4 Å². The Morgan fingerprint density at radius 3 is 2.35 bits per heavy atom. The van der Waals surface area contributed by atoms with Gasteiger partial charge >= 0.3 is 5.97 Å². The van der Waals surface area contributed by atoms with Crippen LogP contribution >= 0.6 is 12.6 Å². The van der Waals surface area contributed by atoms with Crippen LogP contribution in [0, 0.1) is 0 Å². The summed E-state index contributed by atoms with van der Waals surface area (Å²) in [7, 11) is 0. The van der Waals surface area contributed by atoms with Crippen molar-refractivity contribution in [3.8, 4) is 0 Å². The zero-order chi connectivity index (χ0) is 17.1. The van der Waals surface area contributed by atoms with Gasteiger partial charge in [-0.2, -0.15) is 0 Å². The van der Waals surface area contributed by atoms with E-state index < -0.39 is 17.0 Å². The second-order valence-electron chi connectivity index (χ2n) is 5.44. The van der Waals surface area contributed by atoms with Crippen molar-refractivity contribution in [1.29, 1.82) is 0 Å². The Balaban J connectivity index is 2.65. The van der Waals surface area contributed by atoms with Crippen LogP contribution in [-0.4, -0.2) is 21.2 Å². The lowest BCUT2D eigenvalue weighted by atomic mass is 9.94. The molecule has 0 radical (unpaired) electrons. The van der Waals surface area contributed by atoms with E-state index in [2.05, 4.69) is 31.5 Å². The Bertz CT molecular complexity index is 751. The molecule has 0 spiro atoms. The molecule has 1 aromatic heterocycles. The zero-order valence-electron chi connectivity index (χ0n) is 13.5. The maximum atomic E-state index is 11.4. The van der Waals surface area contributed by atoms with Crippen molar-refractivity contribution in [2.75, 3.05) is 0 Å². The minimum atomic E-state index is -1.14. The normalized spacial score (nSPS) is 12.5. The summed E-state index contributed by atoms with van der Waals surface area (Å²) in [6, 6.07) is 1.94. The van der Waals surface area contributed by atoms with Gasteiger partial charge in [-0.05, 0) is 42.0 Å². The smallest absolute Gasteiger partial charge is 0.316 e. The Morgan fingerprint density at radius 1 is 1.22 bits per heavy atom. The quantitative estimate of drug-likeness (QED) is 0.757. The maximum absolute atomic E-state index is 11.4. The summed E-state index contributed by atoms with van der Waals surface area (Å²) in [6.45, 7) is 6.23. The molecular weight excluding hydrogens is 314 g/mol. The largest absolute Gasteiger partial charge is 0.481 e. The minimum Gasteiger partial charge on any atom is -0.481 e. The summed E-state index contributed by atoms with van der Waals surface area (Å²) in [4.78, 5) is 27.0. The molecule has 0 aliphatic rings. The number of aromatic nitrogens is 1. The van der Waals surface area contributed by atoms with Crippen LogP contribution < -0.4 is 0 Å². The molecule has 0 saturated carbocycles. The number of carboxylic acids is 1. The molecule has 0 fully saturated rings. The number of thiol groups is 1. The van der Waals surface area contributed by atoms with Gasteiger partial charge in [0.1, 0.15) is 11.4 Å². The monoisotopic (exact) mass is 335 g/mol. The van der Waals surface area contributed by atoms with Crippen molar-refractivity contribution in [2.24, 2.45) is 0 Å². The minimum absolute atomic E-state index is 0.0694. The molecule has 124 valence electrons. The fourth-order valence-corrected chi connectivity index (χ4v) is 3.17. The highest BCUT2D eigenvalue weighted by molar-refractivity contribution is 7.96. The lowest BCUT2D eigenvalue weighted by Gasteiger charge is -2.11. The van der Waals surface area contributed by atoms with E-state index in [0.29, 0.717) is 11.1 Å². The third kappa shape index (κ3) is 3.42. The molecule has 2 rings (SSSR count). The lowest BCUT2D eigenvalue weighted by Crippen LogP contribution is -2.14. The van der Waals surface area contributed by atoms with Crippen molar-refractivity contribution < 1.29 is 19.1 Å². The van der Waals surface area contributed by atoms with E-state index in [4.69, 9.17) is 4.42 Å². The number of rotatable bonds is 7. The van der Waals surface area contributed by atoms with Gasteiger partial charge in [0.25, 0.3) is 0 Å². The second-order valence-corrected chi connectivity index (χ2v) is 5.94. The average molecular weight is 335 g/mol. The Morgan fingerprint density at radius 2 is 1.87 bits per heavy atom. The first kappa shape index (κ1) is 17.5. The first-order chi connectivity index (χ1) is 10.9. The van der Waals surface area contributed by atoms with Gasteiger partial charge < -0.3 is 9.52 Å². The molecule has 0 aliphatic heterocycles. The Kier molecular flexibility index (Phi) is 5.46. The number of aliphatic carboxylic acids is 1. The van der Waals surface area contributed by atoms with Gasteiger partial charge in [0.15, 0.2) is 10.7 Å². The Hall–Kier alpha value is -1.82. The fraction of sp³-hybridized carbons (Fsp3) is 0.471. The number of benzene rings is 1. The third-order valence-electron chi connectivity index (χ3n) is 4.08. The molecule has 0 bridgehead atoms. The summed E-state index contributed by atoms with van der Waals surface area (Å²) < 4.78 is 5.70. The number of hydrogen-bond acceptors (Lipinski definition) is 4. The van der Waals surface area contributed by atoms with Crippen molar-refractivity contribution in [3.63, 3.8) is 0 Å². The highest BCUT2D eigenvalue weighted by atomic mass is 32.1. The van der Waals surface area contributed by atoms with Crippen molar-refractivity contribution in [1.82, 2.24) is 4.98 Å². The lowest BCUT2D eigenvalue weighted by molar-refractivity contribution is -0.140. The van der Waals surface area contributed by atoms with Crippen LogP contribution in [0.4, 0.5) is 0 Å². The second kappa shape index (κ2) is 7.17. The number of fused-ring (bicyclic) bond motifs is 1. The third-order valence-corrected chi connectivity index (χ3v) is 4.26. The van der Waals surface area contributed by atoms with E-state index in [-0.39, 0.29) is 12.3 Å². The van der Waals surface area contributed by atoms with Crippen LogP contribution in [0.25, 0.3) is 11.1 Å². The van der Waals surface area contributed by atoms with Crippen LogP contribution in [-0.2, 0) is 28.9 Å². The highest BCUT2D eigenvalue weighted by Gasteiger charge is 2.28. The highest BCUT2D eigenvalue weighted by Crippen LogP contribution is 2.31. The Labute approximate surface area is 140 Å². The van der Waals surface area contributed by atoms with Crippen LogP contribution in [0.2, 0.25) is 0 Å². The van der Waals surface area contributed by atoms with Crippen LogP contribution in [0.1, 0.15) is 55.7 Å². The molecule has 2 aromatic rings.